The van der Waals surface area contributed by atoms with Gasteiger partial charge in [-0.15, -0.1) is 5.10 Å². The summed E-state index contributed by atoms with van der Waals surface area (Å²) in [6.45, 7) is 2.92. The summed E-state index contributed by atoms with van der Waals surface area (Å²) in [5.74, 6) is 0. The van der Waals surface area contributed by atoms with Gasteiger partial charge in [0.2, 0.25) is 0 Å². The van der Waals surface area contributed by atoms with E-state index in [1.807, 2.05) is 25.0 Å². The van der Waals surface area contributed by atoms with Crippen LogP contribution in [-0.2, 0) is 11.3 Å². The normalized spacial score (nSPS) is 20.6. The fraction of sp³-hybridized carbons (Fsp3) is 0.833. The average Bonchev–Trinajstić information content (AvgIpc) is 2.99. The SMILES string of the molecule is CCn1nncc1C(NC)C1(OC)CCCC1. The predicted octanol–water partition coefficient (Wildman–Crippen LogP) is 1.52. The standard InChI is InChI=1S/C12H22N4O/c1-4-16-10(9-14-15-16)11(13-2)12(17-3)7-5-6-8-12/h9,11,13H,4-8H2,1-3H3. The van der Waals surface area contributed by atoms with Crippen LogP contribution < -0.4 is 5.32 Å². The lowest BCUT2D eigenvalue weighted by atomic mass is 9.90. The van der Waals surface area contributed by atoms with Crippen molar-refractivity contribution in [2.24, 2.45) is 0 Å². The first-order valence-electron chi connectivity index (χ1n) is 6.38. The molecule has 1 aliphatic carbocycles. The lowest BCUT2D eigenvalue weighted by Gasteiger charge is -2.36. The zero-order valence-corrected chi connectivity index (χ0v) is 10.9. The van der Waals surface area contributed by atoms with E-state index in [4.69, 9.17) is 4.74 Å². The number of ether oxygens (including phenoxy) is 1. The van der Waals surface area contributed by atoms with Gasteiger partial charge in [0.15, 0.2) is 0 Å². The van der Waals surface area contributed by atoms with E-state index in [0.717, 1.165) is 25.1 Å². The highest BCUT2D eigenvalue weighted by Crippen LogP contribution is 2.42. The van der Waals surface area contributed by atoms with Crippen molar-refractivity contribution in [3.05, 3.63) is 11.9 Å². The zero-order valence-electron chi connectivity index (χ0n) is 10.9. The molecular formula is C12H22N4O. The number of nitrogens with zero attached hydrogens (tertiary/aromatic N) is 3. The Balaban J connectivity index is 2.32. The van der Waals surface area contributed by atoms with Crippen molar-refractivity contribution in [1.29, 1.82) is 0 Å². The first-order valence-corrected chi connectivity index (χ1v) is 6.38. The average molecular weight is 238 g/mol. The Labute approximate surface area is 103 Å². The van der Waals surface area contributed by atoms with Gasteiger partial charge in [-0.05, 0) is 26.8 Å². The number of nitrogens with one attached hydrogen (secondary N) is 1. The van der Waals surface area contributed by atoms with Crippen molar-refractivity contribution < 1.29 is 4.74 Å². The topological polar surface area (TPSA) is 52.0 Å². The van der Waals surface area contributed by atoms with Gasteiger partial charge >= 0.3 is 0 Å². The van der Waals surface area contributed by atoms with Crippen LogP contribution in [0.1, 0.15) is 44.3 Å². The minimum absolute atomic E-state index is 0.0939. The Kier molecular flexibility index (Phi) is 3.79. The second-order valence-corrected chi connectivity index (χ2v) is 4.67. The molecule has 1 unspecified atom stereocenters. The second kappa shape index (κ2) is 5.14. The summed E-state index contributed by atoms with van der Waals surface area (Å²) < 4.78 is 7.79. The Morgan fingerprint density at radius 1 is 1.53 bits per heavy atom. The van der Waals surface area contributed by atoms with Gasteiger partial charge in [-0.2, -0.15) is 0 Å². The summed E-state index contributed by atoms with van der Waals surface area (Å²) in [6.07, 6.45) is 6.52. The summed E-state index contributed by atoms with van der Waals surface area (Å²) in [5, 5.41) is 11.5. The molecule has 96 valence electrons. The van der Waals surface area contributed by atoms with E-state index >= 15 is 0 Å². The molecule has 1 aliphatic rings. The maximum Gasteiger partial charge on any atom is 0.0888 e. The molecule has 0 saturated heterocycles. The highest BCUT2D eigenvalue weighted by atomic mass is 16.5. The van der Waals surface area contributed by atoms with Crippen LogP contribution in [0.4, 0.5) is 0 Å². The summed E-state index contributed by atoms with van der Waals surface area (Å²) in [6, 6.07) is 0.171. The lowest BCUT2D eigenvalue weighted by Crippen LogP contribution is -2.43. The van der Waals surface area contributed by atoms with Gasteiger partial charge < -0.3 is 10.1 Å². The third-order valence-electron chi connectivity index (χ3n) is 3.91. The fourth-order valence-corrected chi connectivity index (χ4v) is 3.00. The van der Waals surface area contributed by atoms with Gasteiger partial charge in [-0.3, -0.25) is 0 Å². The monoisotopic (exact) mass is 238 g/mol. The summed E-state index contributed by atoms with van der Waals surface area (Å²) in [7, 11) is 3.80. The van der Waals surface area contributed by atoms with Gasteiger partial charge in [0.25, 0.3) is 0 Å². The van der Waals surface area contributed by atoms with E-state index in [1.165, 1.54) is 12.8 Å². The van der Waals surface area contributed by atoms with E-state index in [1.54, 1.807) is 0 Å². The van der Waals surface area contributed by atoms with Crippen molar-refractivity contribution in [3.63, 3.8) is 0 Å². The molecule has 17 heavy (non-hydrogen) atoms. The Hall–Kier alpha value is -0.940. The minimum atomic E-state index is -0.0939. The van der Waals surface area contributed by atoms with Crippen molar-refractivity contribution in [2.45, 2.75) is 50.8 Å². The lowest BCUT2D eigenvalue weighted by molar-refractivity contribution is -0.0370. The molecule has 1 atom stereocenters. The molecule has 1 heterocycles. The van der Waals surface area contributed by atoms with Crippen LogP contribution in [0.5, 0.6) is 0 Å². The van der Waals surface area contributed by atoms with Gasteiger partial charge in [-0.1, -0.05) is 18.1 Å². The molecule has 5 heteroatoms. The number of hydrogen-bond acceptors (Lipinski definition) is 4. The first kappa shape index (κ1) is 12.5. The molecule has 1 saturated carbocycles. The maximum absolute atomic E-state index is 5.84. The third kappa shape index (κ3) is 2.09. The Morgan fingerprint density at radius 2 is 2.24 bits per heavy atom. The highest BCUT2D eigenvalue weighted by molar-refractivity contribution is 5.12. The van der Waals surface area contributed by atoms with Gasteiger partial charge in [0.1, 0.15) is 0 Å². The van der Waals surface area contributed by atoms with E-state index < -0.39 is 0 Å². The number of aromatic nitrogens is 3. The number of rotatable bonds is 5. The fourth-order valence-electron chi connectivity index (χ4n) is 3.00. The molecule has 0 radical (unpaired) electrons. The van der Waals surface area contributed by atoms with Crippen molar-refractivity contribution in [2.75, 3.05) is 14.2 Å². The van der Waals surface area contributed by atoms with Crippen LogP contribution >= 0.6 is 0 Å². The van der Waals surface area contributed by atoms with Crippen LogP contribution in [0.2, 0.25) is 0 Å². The largest absolute Gasteiger partial charge is 0.376 e. The van der Waals surface area contributed by atoms with Crippen molar-refractivity contribution in [3.8, 4) is 0 Å². The summed E-state index contributed by atoms with van der Waals surface area (Å²) in [5.41, 5.74) is 1.03. The Morgan fingerprint density at radius 3 is 2.76 bits per heavy atom. The number of hydrogen-bond donors (Lipinski definition) is 1. The quantitative estimate of drug-likeness (QED) is 0.845. The summed E-state index contributed by atoms with van der Waals surface area (Å²) in [4.78, 5) is 0. The Bertz CT molecular complexity index is 357. The van der Waals surface area contributed by atoms with E-state index in [2.05, 4.69) is 22.6 Å². The molecule has 0 amide bonds. The smallest absolute Gasteiger partial charge is 0.0888 e. The van der Waals surface area contributed by atoms with Gasteiger partial charge in [0.05, 0.1) is 23.5 Å². The molecule has 0 bridgehead atoms. The number of aryl methyl sites for hydroxylation is 1. The summed E-state index contributed by atoms with van der Waals surface area (Å²) >= 11 is 0. The molecule has 1 fully saturated rings. The van der Waals surface area contributed by atoms with Crippen LogP contribution in [0.25, 0.3) is 0 Å². The second-order valence-electron chi connectivity index (χ2n) is 4.67. The maximum atomic E-state index is 5.84. The highest BCUT2D eigenvalue weighted by Gasteiger charge is 2.43. The molecule has 0 aliphatic heterocycles. The van der Waals surface area contributed by atoms with Crippen LogP contribution in [0, 0.1) is 0 Å². The molecule has 1 aromatic rings. The van der Waals surface area contributed by atoms with Crippen LogP contribution in [-0.4, -0.2) is 34.8 Å². The molecular weight excluding hydrogens is 216 g/mol. The van der Waals surface area contributed by atoms with E-state index in [9.17, 15) is 0 Å². The third-order valence-corrected chi connectivity index (χ3v) is 3.91. The van der Waals surface area contributed by atoms with Gasteiger partial charge in [-0.25, -0.2) is 4.68 Å². The first-order chi connectivity index (χ1) is 8.27. The van der Waals surface area contributed by atoms with Crippen molar-refractivity contribution >= 4 is 0 Å². The molecule has 2 rings (SSSR count). The van der Waals surface area contributed by atoms with E-state index in [-0.39, 0.29) is 11.6 Å². The number of likely N-dealkylation sites (N-methyl/N-ethyl adjacent to an activating group) is 1. The van der Waals surface area contributed by atoms with Crippen LogP contribution in [0.3, 0.4) is 0 Å². The molecule has 1 aromatic heterocycles. The van der Waals surface area contributed by atoms with Crippen LogP contribution in [0.15, 0.2) is 6.20 Å². The molecule has 1 N–H and O–H groups in total. The van der Waals surface area contributed by atoms with E-state index in [0.29, 0.717) is 0 Å². The van der Waals surface area contributed by atoms with Crippen molar-refractivity contribution in [1.82, 2.24) is 20.3 Å². The number of methoxy groups -OCH3 is 1. The molecule has 5 nitrogen and oxygen atoms in total. The molecule has 0 aromatic carbocycles. The molecule has 0 spiro atoms. The predicted molar refractivity (Wildman–Crippen MR) is 65.7 cm³/mol. The van der Waals surface area contributed by atoms with Gasteiger partial charge in [0, 0.05) is 13.7 Å². The zero-order chi connectivity index (χ0) is 12.3. The minimum Gasteiger partial charge on any atom is -0.376 e.